The Morgan fingerprint density at radius 3 is 2.44 bits per heavy atom. The van der Waals surface area contributed by atoms with Crippen LogP contribution in [0.1, 0.15) is 47.4 Å². The van der Waals surface area contributed by atoms with E-state index in [0.29, 0.717) is 44.7 Å². The smallest absolute Gasteiger partial charge is 0.274 e. The van der Waals surface area contributed by atoms with Crippen LogP contribution in [0.25, 0.3) is 0 Å². The summed E-state index contributed by atoms with van der Waals surface area (Å²) in [6, 6.07) is 8.48. The molecule has 168 valence electrons. The third kappa shape index (κ3) is 3.83. The van der Waals surface area contributed by atoms with Crippen molar-refractivity contribution in [1.29, 1.82) is 0 Å². The summed E-state index contributed by atoms with van der Waals surface area (Å²) in [7, 11) is 0. The molecule has 2 aromatic rings. The molecule has 3 aliphatic rings. The van der Waals surface area contributed by atoms with Crippen LogP contribution in [-0.2, 0) is 11.2 Å². The van der Waals surface area contributed by atoms with E-state index >= 15 is 0 Å². The molecule has 0 bridgehead atoms. The number of aliphatic hydroxyl groups is 1. The second kappa shape index (κ2) is 8.16. The van der Waals surface area contributed by atoms with Crippen LogP contribution in [0.4, 0.5) is 5.69 Å². The highest BCUT2D eigenvalue weighted by Crippen LogP contribution is 2.37. The van der Waals surface area contributed by atoms with Gasteiger partial charge >= 0.3 is 0 Å². The number of hydrogen-bond acceptors (Lipinski definition) is 6. The number of likely N-dealkylation sites (N-methyl/N-ethyl adjacent to an activating group) is 1. The molecule has 8 heteroatoms. The third-order valence-electron chi connectivity index (χ3n) is 6.91. The minimum atomic E-state index is -1.15. The third-order valence-corrected chi connectivity index (χ3v) is 6.91. The molecule has 8 nitrogen and oxygen atoms in total. The number of benzene rings is 1. The normalized spacial score (nSPS) is 21.8. The van der Waals surface area contributed by atoms with Gasteiger partial charge in [0.25, 0.3) is 11.8 Å². The largest absolute Gasteiger partial charge is 0.380 e. The van der Waals surface area contributed by atoms with Gasteiger partial charge in [0, 0.05) is 57.1 Å². The predicted octanol–water partition coefficient (Wildman–Crippen LogP) is 1.45. The van der Waals surface area contributed by atoms with Crippen LogP contribution in [-0.4, -0.2) is 81.6 Å². The van der Waals surface area contributed by atoms with Crippen molar-refractivity contribution < 1.29 is 14.7 Å². The Bertz CT molecular complexity index is 1010. The summed E-state index contributed by atoms with van der Waals surface area (Å²) in [5, 5.41) is 10.0. The Morgan fingerprint density at radius 2 is 1.78 bits per heavy atom. The van der Waals surface area contributed by atoms with Gasteiger partial charge in [-0.25, -0.2) is 4.98 Å². The molecule has 1 saturated carbocycles. The Labute approximate surface area is 187 Å². The van der Waals surface area contributed by atoms with Crippen LogP contribution in [0.5, 0.6) is 0 Å². The quantitative estimate of drug-likeness (QED) is 0.782. The lowest BCUT2D eigenvalue weighted by atomic mass is 9.90. The van der Waals surface area contributed by atoms with Crippen LogP contribution >= 0.6 is 0 Å². The van der Waals surface area contributed by atoms with Crippen LogP contribution in [0, 0.1) is 0 Å². The van der Waals surface area contributed by atoms with Crippen molar-refractivity contribution in [3.8, 4) is 0 Å². The van der Waals surface area contributed by atoms with Crippen LogP contribution in [0.2, 0.25) is 0 Å². The number of aromatic nitrogens is 2. The Morgan fingerprint density at radius 1 is 1.06 bits per heavy atom. The SMILES string of the molecule is CCN1CC(c2cnc(C(=O)N3CCN(C(=O)C4(O)CC4)CC3)cn2)Cc2ccccc21. The summed E-state index contributed by atoms with van der Waals surface area (Å²) < 4.78 is 0. The fourth-order valence-corrected chi connectivity index (χ4v) is 4.74. The number of piperazine rings is 1. The Kier molecular flexibility index (Phi) is 5.33. The highest BCUT2D eigenvalue weighted by Gasteiger charge is 2.50. The Balaban J connectivity index is 1.22. The Hall–Kier alpha value is -3.00. The van der Waals surface area contributed by atoms with Crippen LogP contribution in [0.3, 0.4) is 0 Å². The molecule has 3 heterocycles. The van der Waals surface area contributed by atoms with Crippen molar-refractivity contribution in [2.75, 3.05) is 44.2 Å². The molecule has 0 spiro atoms. The maximum atomic E-state index is 12.9. The number of carbonyl (C=O) groups is 2. The van der Waals surface area contributed by atoms with E-state index in [0.717, 1.165) is 25.2 Å². The van der Waals surface area contributed by atoms with E-state index in [-0.39, 0.29) is 17.7 Å². The van der Waals surface area contributed by atoms with Gasteiger partial charge in [0.2, 0.25) is 0 Å². The molecule has 5 rings (SSSR count). The lowest BCUT2D eigenvalue weighted by Crippen LogP contribution is -2.53. The van der Waals surface area contributed by atoms with Gasteiger partial charge in [0.05, 0.1) is 11.9 Å². The van der Waals surface area contributed by atoms with E-state index in [1.807, 2.05) is 0 Å². The van der Waals surface area contributed by atoms with E-state index in [2.05, 4.69) is 46.1 Å². The van der Waals surface area contributed by atoms with Gasteiger partial charge in [-0.05, 0) is 37.8 Å². The van der Waals surface area contributed by atoms with Gasteiger partial charge < -0.3 is 19.8 Å². The van der Waals surface area contributed by atoms with Crippen molar-refractivity contribution in [1.82, 2.24) is 19.8 Å². The molecule has 1 aliphatic carbocycles. The fraction of sp³-hybridized carbons (Fsp3) is 0.500. The molecule has 1 saturated heterocycles. The first-order valence-corrected chi connectivity index (χ1v) is 11.4. The molecule has 2 aliphatic heterocycles. The summed E-state index contributed by atoms with van der Waals surface area (Å²) in [4.78, 5) is 40.0. The zero-order valence-corrected chi connectivity index (χ0v) is 18.4. The van der Waals surface area contributed by atoms with Gasteiger partial charge in [0.1, 0.15) is 11.3 Å². The molecule has 1 unspecified atom stereocenters. The number of fused-ring (bicyclic) bond motifs is 1. The topological polar surface area (TPSA) is 89.9 Å². The van der Waals surface area contributed by atoms with Crippen molar-refractivity contribution >= 4 is 17.5 Å². The van der Waals surface area contributed by atoms with E-state index < -0.39 is 5.60 Å². The fourth-order valence-electron chi connectivity index (χ4n) is 4.74. The summed E-state index contributed by atoms with van der Waals surface area (Å²) in [6.07, 6.45) is 5.31. The maximum Gasteiger partial charge on any atom is 0.274 e. The predicted molar refractivity (Wildman–Crippen MR) is 119 cm³/mol. The number of anilines is 1. The summed E-state index contributed by atoms with van der Waals surface area (Å²) in [5.41, 5.74) is 2.69. The summed E-state index contributed by atoms with van der Waals surface area (Å²) >= 11 is 0. The molecule has 1 aromatic heterocycles. The van der Waals surface area contributed by atoms with Crippen molar-refractivity contribution in [3.05, 3.63) is 53.6 Å². The van der Waals surface area contributed by atoms with E-state index in [1.54, 1.807) is 22.2 Å². The first-order chi connectivity index (χ1) is 15.5. The van der Waals surface area contributed by atoms with Crippen molar-refractivity contribution in [2.24, 2.45) is 0 Å². The molecule has 2 amide bonds. The first kappa shape index (κ1) is 20.9. The number of nitrogens with zero attached hydrogens (tertiary/aromatic N) is 5. The lowest BCUT2D eigenvalue weighted by molar-refractivity contribution is -0.143. The summed E-state index contributed by atoms with van der Waals surface area (Å²) in [6.45, 7) is 5.73. The van der Waals surface area contributed by atoms with Gasteiger partial charge in [-0.1, -0.05) is 18.2 Å². The molecular weight excluding hydrogens is 406 g/mol. The van der Waals surface area contributed by atoms with E-state index in [4.69, 9.17) is 0 Å². The van der Waals surface area contributed by atoms with Crippen molar-refractivity contribution in [2.45, 2.75) is 37.7 Å². The molecule has 1 aromatic carbocycles. The zero-order chi connectivity index (χ0) is 22.3. The monoisotopic (exact) mass is 435 g/mol. The van der Waals surface area contributed by atoms with Crippen molar-refractivity contribution in [3.63, 3.8) is 0 Å². The zero-order valence-electron chi connectivity index (χ0n) is 18.4. The maximum absolute atomic E-state index is 12.9. The number of amides is 2. The van der Waals surface area contributed by atoms with Gasteiger partial charge in [-0.15, -0.1) is 0 Å². The minimum absolute atomic E-state index is 0.162. The van der Waals surface area contributed by atoms with Gasteiger partial charge in [-0.3, -0.25) is 14.6 Å². The summed E-state index contributed by atoms with van der Waals surface area (Å²) in [5.74, 6) is -0.126. The van der Waals surface area contributed by atoms with Crippen LogP contribution in [0.15, 0.2) is 36.7 Å². The van der Waals surface area contributed by atoms with Gasteiger partial charge in [0.15, 0.2) is 0 Å². The standard InChI is InChI=1S/C24H29N5O3/c1-2-27-16-18(13-17-5-3-4-6-21(17)27)19-14-26-20(15-25-19)22(30)28-9-11-29(12-10-28)23(31)24(32)7-8-24/h3-6,14-15,18,32H,2,7-13,16H2,1H3. The molecular formula is C24H29N5O3. The average Bonchev–Trinajstić information content (AvgIpc) is 3.61. The highest BCUT2D eigenvalue weighted by atomic mass is 16.3. The number of para-hydroxylation sites is 1. The molecule has 0 radical (unpaired) electrons. The van der Waals surface area contributed by atoms with Crippen LogP contribution < -0.4 is 4.90 Å². The second-order valence-electron chi connectivity index (χ2n) is 9.01. The second-order valence-corrected chi connectivity index (χ2v) is 9.01. The number of carbonyl (C=O) groups excluding carboxylic acids is 2. The lowest BCUT2D eigenvalue weighted by Gasteiger charge is -2.36. The minimum Gasteiger partial charge on any atom is -0.380 e. The molecule has 2 fully saturated rings. The molecule has 32 heavy (non-hydrogen) atoms. The number of hydrogen-bond donors (Lipinski definition) is 1. The first-order valence-electron chi connectivity index (χ1n) is 11.4. The van der Waals surface area contributed by atoms with Gasteiger partial charge in [-0.2, -0.15) is 0 Å². The molecule has 1 atom stereocenters. The van der Waals surface area contributed by atoms with E-state index in [9.17, 15) is 14.7 Å². The van der Waals surface area contributed by atoms with E-state index in [1.165, 1.54) is 11.3 Å². The average molecular weight is 436 g/mol. The molecule has 1 N–H and O–H groups in total. The number of rotatable bonds is 4. The highest BCUT2D eigenvalue weighted by molar-refractivity contribution is 5.92.